The monoisotopic (exact) mass is 409 g/mol. The number of aromatic nitrogens is 1. The highest BCUT2D eigenvalue weighted by atomic mass is 32.2. The zero-order valence-electron chi connectivity index (χ0n) is 16.3. The molecule has 150 valence electrons. The lowest BCUT2D eigenvalue weighted by Gasteiger charge is -2.27. The lowest BCUT2D eigenvalue weighted by atomic mass is 10.1. The molecule has 6 nitrogen and oxygen atoms in total. The Balaban J connectivity index is 1.78. The molecule has 0 atom stereocenters. The molecule has 1 amide bonds. The minimum atomic E-state index is -3.74. The van der Waals surface area contributed by atoms with E-state index in [9.17, 15) is 13.2 Å². The molecular weight excluding hydrogens is 386 g/mol. The van der Waals surface area contributed by atoms with Crippen LogP contribution in [0.2, 0.25) is 0 Å². The fourth-order valence-electron chi connectivity index (χ4n) is 2.85. The summed E-state index contributed by atoms with van der Waals surface area (Å²) in [6, 6.07) is 18.9. The Bertz CT molecular complexity index is 1050. The summed E-state index contributed by atoms with van der Waals surface area (Å²) >= 11 is 0. The third-order valence-electron chi connectivity index (χ3n) is 4.42. The number of rotatable bonds is 7. The highest BCUT2D eigenvalue weighted by Gasteiger charge is 2.20. The lowest BCUT2D eigenvalue weighted by Crippen LogP contribution is -2.36. The minimum absolute atomic E-state index is 0.000489. The maximum atomic E-state index is 13.0. The number of nitrogens with zero attached hydrogens (tertiary/aromatic N) is 2. The summed E-state index contributed by atoms with van der Waals surface area (Å²) in [6.07, 6.45) is 3.01. The van der Waals surface area contributed by atoms with Gasteiger partial charge in [0.1, 0.15) is 0 Å². The van der Waals surface area contributed by atoms with Crippen LogP contribution in [-0.4, -0.2) is 30.3 Å². The Morgan fingerprint density at radius 1 is 0.966 bits per heavy atom. The lowest BCUT2D eigenvalue weighted by molar-refractivity contribution is 0.0690. The van der Waals surface area contributed by atoms with E-state index in [4.69, 9.17) is 0 Å². The number of pyridine rings is 1. The molecule has 3 aromatic rings. The van der Waals surface area contributed by atoms with E-state index >= 15 is 0 Å². The summed E-state index contributed by atoms with van der Waals surface area (Å²) in [5.74, 6) is -0.144. The van der Waals surface area contributed by atoms with Crippen LogP contribution in [0.5, 0.6) is 0 Å². The highest BCUT2D eigenvalue weighted by Crippen LogP contribution is 2.18. The Hall–Kier alpha value is -3.19. The van der Waals surface area contributed by atoms with Crippen molar-refractivity contribution in [2.45, 2.75) is 31.3 Å². The number of carbonyl (C=O) groups is 1. The minimum Gasteiger partial charge on any atom is -0.332 e. The van der Waals surface area contributed by atoms with Crippen LogP contribution in [-0.2, 0) is 16.6 Å². The first-order chi connectivity index (χ1) is 13.9. The van der Waals surface area contributed by atoms with Gasteiger partial charge in [0.2, 0.25) is 0 Å². The molecule has 0 aliphatic carbocycles. The van der Waals surface area contributed by atoms with Gasteiger partial charge < -0.3 is 4.90 Å². The number of benzene rings is 2. The molecule has 0 aliphatic rings. The van der Waals surface area contributed by atoms with Crippen molar-refractivity contribution in [1.82, 2.24) is 9.88 Å². The predicted molar refractivity (Wildman–Crippen MR) is 113 cm³/mol. The summed E-state index contributed by atoms with van der Waals surface area (Å²) in [7, 11) is -3.74. The van der Waals surface area contributed by atoms with Crippen molar-refractivity contribution in [2.24, 2.45) is 0 Å². The molecule has 1 heterocycles. The molecule has 0 radical (unpaired) electrons. The zero-order chi connectivity index (χ0) is 20.9. The smallest absolute Gasteiger partial charge is 0.261 e. The molecule has 0 saturated carbocycles. The maximum absolute atomic E-state index is 13.0. The van der Waals surface area contributed by atoms with E-state index in [1.807, 2.05) is 44.2 Å². The number of sulfonamides is 1. The zero-order valence-corrected chi connectivity index (χ0v) is 17.1. The van der Waals surface area contributed by atoms with Crippen molar-refractivity contribution in [2.75, 3.05) is 4.72 Å². The van der Waals surface area contributed by atoms with E-state index in [0.29, 0.717) is 17.8 Å². The Morgan fingerprint density at radius 2 is 1.59 bits per heavy atom. The first kappa shape index (κ1) is 20.5. The highest BCUT2D eigenvalue weighted by molar-refractivity contribution is 7.92. The van der Waals surface area contributed by atoms with Gasteiger partial charge >= 0.3 is 0 Å². The van der Waals surface area contributed by atoms with Crippen molar-refractivity contribution < 1.29 is 13.2 Å². The normalized spacial score (nSPS) is 11.3. The average molecular weight is 410 g/mol. The number of hydrogen-bond donors (Lipinski definition) is 1. The van der Waals surface area contributed by atoms with Crippen LogP contribution in [0.1, 0.15) is 29.8 Å². The van der Waals surface area contributed by atoms with E-state index in [1.54, 1.807) is 29.2 Å². The van der Waals surface area contributed by atoms with Gasteiger partial charge in [-0.1, -0.05) is 30.3 Å². The van der Waals surface area contributed by atoms with Crippen molar-refractivity contribution in [3.63, 3.8) is 0 Å². The number of hydrogen-bond acceptors (Lipinski definition) is 4. The molecule has 0 spiro atoms. The standard InChI is InChI=1S/C22H23N3O3S/c1-17(2)25(16-18-6-4-3-5-7-18)22(26)19-8-10-21(11-9-19)29(27,28)24-20-12-14-23-15-13-20/h3-15,17H,16H2,1-2H3,(H,23,24). The van der Waals surface area contributed by atoms with Gasteiger partial charge in [0.25, 0.3) is 15.9 Å². The first-order valence-electron chi connectivity index (χ1n) is 9.24. The van der Waals surface area contributed by atoms with E-state index in [-0.39, 0.29) is 16.8 Å². The second-order valence-electron chi connectivity index (χ2n) is 6.88. The quantitative estimate of drug-likeness (QED) is 0.641. The number of amides is 1. The van der Waals surface area contributed by atoms with Crippen LogP contribution >= 0.6 is 0 Å². The maximum Gasteiger partial charge on any atom is 0.261 e. The molecular formula is C22H23N3O3S. The van der Waals surface area contributed by atoms with Crippen LogP contribution in [0, 0.1) is 0 Å². The molecule has 29 heavy (non-hydrogen) atoms. The average Bonchev–Trinajstić information content (AvgIpc) is 2.72. The molecule has 0 fully saturated rings. The fraction of sp³-hybridized carbons (Fsp3) is 0.182. The summed E-state index contributed by atoms with van der Waals surface area (Å²) in [6.45, 7) is 4.40. The van der Waals surface area contributed by atoms with Crippen LogP contribution in [0.3, 0.4) is 0 Å². The number of anilines is 1. The Kier molecular flexibility index (Phi) is 6.29. The van der Waals surface area contributed by atoms with Crippen molar-refractivity contribution in [1.29, 1.82) is 0 Å². The van der Waals surface area contributed by atoms with E-state index in [1.165, 1.54) is 24.5 Å². The third-order valence-corrected chi connectivity index (χ3v) is 5.82. The molecule has 0 unspecified atom stereocenters. The van der Waals surface area contributed by atoms with Crippen molar-refractivity contribution >= 4 is 21.6 Å². The van der Waals surface area contributed by atoms with E-state index < -0.39 is 10.0 Å². The summed E-state index contributed by atoms with van der Waals surface area (Å²) in [5, 5.41) is 0. The molecule has 3 rings (SSSR count). The Morgan fingerprint density at radius 3 is 2.17 bits per heavy atom. The van der Waals surface area contributed by atoms with Gasteiger partial charge in [0.05, 0.1) is 10.6 Å². The van der Waals surface area contributed by atoms with Crippen LogP contribution < -0.4 is 4.72 Å². The number of nitrogens with one attached hydrogen (secondary N) is 1. The van der Waals surface area contributed by atoms with Gasteiger partial charge in [0.15, 0.2) is 0 Å². The first-order valence-corrected chi connectivity index (χ1v) is 10.7. The molecule has 2 aromatic carbocycles. The van der Waals surface area contributed by atoms with E-state index in [0.717, 1.165) is 5.56 Å². The van der Waals surface area contributed by atoms with Gasteiger partial charge in [-0.2, -0.15) is 0 Å². The molecule has 1 aromatic heterocycles. The van der Waals surface area contributed by atoms with Gasteiger partial charge in [-0.3, -0.25) is 14.5 Å². The van der Waals surface area contributed by atoms with Crippen LogP contribution in [0.25, 0.3) is 0 Å². The topological polar surface area (TPSA) is 79.4 Å². The molecule has 0 aliphatic heterocycles. The van der Waals surface area contributed by atoms with Gasteiger partial charge in [0, 0.05) is 30.5 Å². The molecule has 0 saturated heterocycles. The van der Waals surface area contributed by atoms with Crippen LogP contribution in [0.15, 0.2) is 84.0 Å². The van der Waals surface area contributed by atoms with Gasteiger partial charge in [-0.25, -0.2) is 8.42 Å². The van der Waals surface area contributed by atoms with Crippen molar-refractivity contribution in [3.05, 3.63) is 90.3 Å². The summed E-state index contributed by atoms with van der Waals surface area (Å²) in [5.41, 5.74) is 1.90. The number of carbonyl (C=O) groups excluding carboxylic acids is 1. The molecule has 0 bridgehead atoms. The Labute approximate surface area is 171 Å². The van der Waals surface area contributed by atoms with Gasteiger partial charge in [-0.05, 0) is 55.8 Å². The summed E-state index contributed by atoms with van der Waals surface area (Å²) in [4.78, 5) is 18.7. The fourth-order valence-corrected chi connectivity index (χ4v) is 3.90. The van der Waals surface area contributed by atoms with Gasteiger partial charge in [-0.15, -0.1) is 0 Å². The van der Waals surface area contributed by atoms with Crippen molar-refractivity contribution in [3.8, 4) is 0 Å². The second kappa shape index (κ2) is 8.87. The second-order valence-corrected chi connectivity index (χ2v) is 8.56. The summed E-state index contributed by atoms with van der Waals surface area (Å²) < 4.78 is 27.6. The van der Waals surface area contributed by atoms with Crippen LogP contribution in [0.4, 0.5) is 5.69 Å². The molecule has 1 N–H and O–H groups in total. The van der Waals surface area contributed by atoms with E-state index in [2.05, 4.69) is 9.71 Å². The molecule has 7 heteroatoms. The third kappa shape index (κ3) is 5.20. The largest absolute Gasteiger partial charge is 0.332 e. The predicted octanol–water partition coefficient (Wildman–Crippen LogP) is 3.93. The SMILES string of the molecule is CC(C)N(Cc1ccccc1)C(=O)c1ccc(S(=O)(=O)Nc2ccncc2)cc1.